The third kappa shape index (κ3) is 2.99. The van der Waals surface area contributed by atoms with Gasteiger partial charge in [0.1, 0.15) is 5.82 Å². The van der Waals surface area contributed by atoms with E-state index in [4.69, 9.17) is 16.1 Å². The molecule has 0 aliphatic heterocycles. The van der Waals surface area contributed by atoms with Crippen LogP contribution in [0, 0.1) is 5.82 Å². The first kappa shape index (κ1) is 16.8. The van der Waals surface area contributed by atoms with Crippen molar-refractivity contribution in [2.24, 2.45) is 0 Å². The van der Waals surface area contributed by atoms with Gasteiger partial charge in [-0.05, 0) is 36.6 Å². The lowest BCUT2D eigenvalue weighted by molar-refractivity contribution is -0.123. The van der Waals surface area contributed by atoms with Crippen molar-refractivity contribution in [1.82, 2.24) is 10.5 Å². The number of nitrogens with zero attached hydrogens (tertiary/aromatic N) is 1. The maximum Gasteiger partial charge on any atom is 0.232 e. The van der Waals surface area contributed by atoms with E-state index in [1.54, 1.807) is 30.3 Å². The maximum atomic E-state index is 13.9. The Balaban J connectivity index is 1.52. The van der Waals surface area contributed by atoms with Crippen LogP contribution in [0.5, 0.6) is 0 Å². The van der Waals surface area contributed by atoms with Crippen LogP contribution in [0.1, 0.15) is 24.1 Å². The molecule has 1 amide bonds. The lowest BCUT2D eigenvalue weighted by Crippen LogP contribution is -2.34. The third-order valence-corrected chi connectivity index (χ3v) is 5.09. The Labute approximate surface area is 155 Å². The van der Waals surface area contributed by atoms with Gasteiger partial charge in [0.05, 0.1) is 16.7 Å². The molecule has 4 nitrogen and oxygen atoms in total. The lowest BCUT2D eigenvalue weighted by atomic mass is 10.00. The molecule has 2 aromatic carbocycles. The summed E-state index contributed by atoms with van der Waals surface area (Å²) in [7, 11) is 0. The molecule has 0 atom stereocenters. The number of aromatic nitrogens is 1. The van der Waals surface area contributed by atoms with Crippen LogP contribution in [0.4, 0.5) is 4.39 Å². The summed E-state index contributed by atoms with van der Waals surface area (Å²) in [5, 5.41) is 7.57. The zero-order chi connectivity index (χ0) is 18.1. The third-order valence-electron chi connectivity index (χ3n) is 4.72. The lowest BCUT2D eigenvalue weighted by Gasteiger charge is -2.13. The molecule has 1 aliphatic carbocycles. The van der Waals surface area contributed by atoms with Crippen LogP contribution >= 0.6 is 11.6 Å². The van der Waals surface area contributed by atoms with Gasteiger partial charge in [-0.2, -0.15) is 0 Å². The largest absolute Gasteiger partial charge is 0.356 e. The summed E-state index contributed by atoms with van der Waals surface area (Å²) >= 11 is 6.13. The molecule has 0 saturated heterocycles. The van der Waals surface area contributed by atoms with E-state index in [1.165, 1.54) is 6.07 Å². The summed E-state index contributed by atoms with van der Waals surface area (Å²) in [6.45, 7) is 0.346. The molecule has 3 aromatic rings. The molecule has 1 N–H and O–H groups in total. The normalized spacial score (nSPS) is 14.8. The Morgan fingerprint density at radius 2 is 1.92 bits per heavy atom. The Kier molecular flexibility index (Phi) is 4.24. The monoisotopic (exact) mass is 370 g/mol. The van der Waals surface area contributed by atoms with E-state index >= 15 is 0 Å². The van der Waals surface area contributed by atoms with Crippen molar-refractivity contribution in [3.05, 3.63) is 76.7 Å². The van der Waals surface area contributed by atoms with Gasteiger partial charge in [0.2, 0.25) is 5.91 Å². The SMILES string of the molecule is O=C(NCc1ccccc1Cl)C1(c2cc(-c3ccccc3F)on2)CC1. The first-order chi connectivity index (χ1) is 12.6. The van der Waals surface area contributed by atoms with Crippen LogP contribution in [0.2, 0.25) is 5.02 Å². The number of hydrogen-bond acceptors (Lipinski definition) is 3. The maximum absolute atomic E-state index is 13.9. The average molecular weight is 371 g/mol. The molecule has 4 rings (SSSR count). The second kappa shape index (κ2) is 6.57. The highest BCUT2D eigenvalue weighted by atomic mass is 35.5. The zero-order valence-corrected chi connectivity index (χ0v) is 14.6. The first-order valence-corrected chi connectivity index (χ1v) is 8.72. The smallest absolute Gasteiger partial charge is 0.232 e. The number of benzene rings is 2. The van der Waals surface area contributed by atoms with E-state index in [2.05, 4.69) is 10.5 Å². The van der Waals surface area contributed by atoms with Crippen LogP contribution in [0.3, 0.4) is 0 Å². The molecular weight excluding hydrogens is 355 g/mol. The van der Waals surface area contributed by atoms with E-state index in [0.717, 1.165) is 5.56 Å². The van der Waals surface area contributed by atoms with Gasteiger partial charge in [-0.25, -0.2) is 4.39 Å². The molecule has 1 saturated carbocycles. The van der Waals surface area contributed by atoms with Crippen molar-refractivity contribution < 1.29 is 13.7 Å². The van der Waals surface area contributed by atoms with Crippen LogP contribution < -0.4 is 5.32 Å². The van der Waals surface area contributed by atoms with Crippen molar-refractivity contribution in [3.63, 3.8) is 0 Å². The highest BCUT2D eigenvalue weighted by molar-refractivity contribution is 6.31. The van der Waals surface area contributed by atoms with E-state index < -0.39 is 5.41 Å². The van der Waals surface area contributed by atoms with Gasteiger partial charge in [0, 0.05) is 17.6 Å². The predicted molar refractivity (Wildman–Crippen MR) is 96.1 cm³/mol. The number of rotatable bonds is 5. The summed E-state index contributed by atoms with van der Waals surface area (Å²) in [4.78, 5) is 12.7. The fourth-order valence-electron chi connectivity index (χ4n) is 3.00. The van der Waals surface area contributed by atoms with Crippen molar-refractivity contribution in [2.75, 3.05) is 0 Å². The average Bonchev–Trinajstić information content (AvgIpc) is 3.32. The van der Waals surface area contributed by atoms with Gasteiger partial charge < -0.3 is 9.84 Å². The molecule has 26 heavy (non-hydrogen) atoms. The Hall–Kier alpha value is -2.66. The van der Waals surface area contributed by atoms with Gasteiger partial charge in [-0.1, -0.05) is 47.1 Å². The van der Waals surface area contributed by atoms with Crippen molar-refractivity contribution in [1.29, 1.82) is 0 Å². The number of amides is 1. The Morgan fingerprint density at radius 3 is 2.65 bits per heavy atom. The van der Waals surface area contributed by atoms with E-state index in [1.807, 2.05) is 18.2 Å². The minimum absolute atomic E-state index is 0.120. The summed E-state index contributed by atoms with van der Waals surface area (Å²) in [6.07, 6.45) is 1.37. The first-order valence-electron chi connectivity index (χ1n) is 8.34. The van der Waals surface area contributed by atoms with Crippen LogP contribution in [0.15, 0.2) is 59.1 Å². The molecule has 1 heterocycles. The van der Waals surface area contributed by atoms with Crippen molar-refractivity contribution in [3.8, 4) is 11.3 Å². The molecule has 1 aromatic heterocycles. The summed E-state index contributed by atoms with van der Waals surface area (Å²) in [6, 6.07) is 15.3. The highest BCUT2D eigenvalue weighted by Crippen LogP contribution is 2.48. The number of hydrogen-bond donors (Lipinski definition) is 1. The molecule has 0 unspecified atom stereocenters. The molecule has 6 heteroatoms. The minimum atomic E-state index is -0.700. The fourth-order valence-corrected chi connectivity index (χ4v) is 3.20. The van der Waals surface area contributed by atoms with Gasteiger partial charge in [0.15, 0.2) is 5.76 Å². The van der Waals surface area contributed by atoms with Crippen molar-refractivity contribution >= 4 is 17.5 Å². The quantitative estimate of drug-likeness (QED) is 0.720. The molecule has 0 spiro atoms. The minimum Gasteiger partial charge on any atom is -0.356 e. The molecule has 1 fully saturated rings. The number of nitrogens with one attached hydrogen (secondary N) is 1. The molecule has 0 bridgehead atoms. The second-order valence-electron chi connectivity index (χ2n) is 6.41. The Bertz CT molecular complexity index is 966. The predicted octanol–water partition coefficient (Wildman–Crippen LogP) is 4.48. The molecule has 132 valence electrons. The van der Waals surface area contributed by atoms with Gasteiger partial charge in [-0.3, -0.25) is 4.79 Å². The van der Waals surface area contributed by atoms with Crippen LogP contribution in [-0.4, -0.2) is 11.1 Å². The number of carbonyl (C=O) groups excluding carboxylic acids is 1. The summed E-state index contributed by atoms with van der Waals surface area (Å²) in [5.41, 5.74) is 1.02. The van der Waals surface area contributed by atoms with E-state index in [9.17, 15) is 9.18 Å². The topological polar surface area (TPSA) is 55.1 Å². The summed E-state index contributed by atoms with van der Waals surface area (Å²) in [5.74, 6) is -0.183. The van der Waals surface area contributed by atoms with Crippen molar-refractivity contribution in [2.45, 2.75) is 24.8 Å². The van der Waals surface area contributed by atoms with Crippen LogP contribution in [0.25, 0.3) is 11.3 Å². The second-order valence-corrected chi connectivity index (χ2v) is 6.82. The van der Waals surface area contributed by atoms with Gasteiger partial charge >= 0.3 is 0 Å². The number of halogens is 2. The van der Waals surface area contributed by atoms with E-state index in [0.29, 0.717) is 41.4 Å². The Morgan fingerprint density at radius 1 is 1.19 bits per heavy atom. The molecule has 0 radical (unpaired) electrons. The fraction of sp³-hybridized carbons (Fsp3) is 0.200. The van der Waals surface area contributed by atoms with Crippen LogP contribution in [-0.2, 0) is 16.8 Å². The van der Waals surface area contributed by atoms with E-state index in [-0.39, 0.29) is 11.7 Å². The van der Waals surface area contributed by atoms with Gasteiger partial charge in [0.25, 0.3) is 0 Å². The standard InChI is InChI=1S/C20H16ClFN2O2/c21-15-7-3-1-5-13(15)12-23-19(25)20(9-10-20)18-11-17(26-24-18)14-6-2-4-8-16(14)22/h1-8,11H,9-10,12H2,(H,23,25). The molecular formula is C20H16ClFN2O2. The highest BCUT2D eigenvalue weighted by Gasteiger charge is 2.53. The molecule has 1 aliphatic rings. The summed E-state index contributed by atoms with van der Waals surface area (Å²) < 4.78 is 19.2. The zero-order valence-electron chi connectivity index (χ0n) is 13.8. The van der Waals surface area contributed by atoms with Gasteiger partial charge in [-0.15, -0.1) is 0 Å². The number of carbonyl (C=O) groups is 1.